The molecule has 3 heteroatoms. The van der Waals surface area contributed by atoms with Crippen LogP contribution in [0.4, 0.5) is 0 Å². The summed E-state index contributed by atoms with van der Waals surface area (Å²) in [6.45, 7) is 1.41. The fourth-order valence-corrected chi connectivity index (χ4v) is 3.81. The van der Waals surface area contributed by atoms with Crippen LogP contribution in [0.25, 0.3) is 0 Å². The molecular weight excluding hydrogens is 203 g/mol. The molecule has 0 radical (unpaired) electrons. The second kappa shape index (κ2) is 6.30. The summed E-state index contributed by atoms with van der Waals surface area (Å²) in [5, 5.41) is 0. The lowest BCUT2D eigenvalue weighted by molar-refractivity contribution is 0.181. The van der Waals surface area contributed by atoms with Crippen molar-refractivity contribution < 1.29 is 9.47 Å². The molecule has 0 aliphatic carbocycles. The largest absolute Gasteiger partial charge is 0.380 e. The summed E-state index contributed by atoms with van der Waals surface area (Å²) in [4.78, 5) is 0. The average molecular weight is 222 g/mol. The van der Waals surface area contributed by atoms with E-state index in [4.69, 9.17) is 9.47 Å². The van der Waals surface area contributed by atoms with Crippen molar-refractivity contribution in [2.45, 2.75) is 24.8 Å². The van der Waals surface area contributed by atoms with Gasteiger partial charge in [-0.05, 0) is 11.1 Å². The average Bonchev–Trinajstić information content (AvgIpc) is 2.18. The molecule has 0 aromatic heterocycles. The molecule has 0 atom stereocenters. The van der Waals surface area contributed by atoms with Crippen molar-refractivity contribution in [2.24, 2.45) is 0 Å². The van der Waals surface area contributed by atoms with Gasteiger partial charge < -0.3 is 9.47 Å². The van der Waals surface area contributed by atoms with E-state index in [1.54, 1.807) is 14.2 Å². The first-order chi connectivity index (χ1) is 7.20. The summed E-state index contributed by atoms with van der Waals surface area (Å²) < 4.78 is 12.0. The number of methoxy groups -OCH3 is 2. The van der Waals surface area contributed by atoms with E-state index in [-0.39, 0.29) is 0 Å². The van der Waals surface area contributed by atoms with Gasteiger partial charge >= 0.3 is 14.1 Å². The summed E-state index contributed by atoms with van der Waals surface area (Å²) in [7, 11) is 3.49. The third-order valence-electron chi connectivity index (χ3n) is 2.46. The molecule has 0 amide bonds. The third kappa shape index (κ3) is 3.32. The van der Waals surface area contributed by atoms with E-state index >= 15 is 0 Å². The molecule has 0 aliphatic heterocycles. The highest BCUT2D eigenvalue weighted by Gasteiger charge is 2.15. The van der Waals surface area contributed by atoms with Gasteiger partial charge in [-0.15, -0.1) is 16.0 Å². The predicted octanol–water partition coefficient (Wildman–Crippen LogP) is 1.94. The Hall–Kier alpha value is -0.328. The summed E-state index contributed by atoms with van der Waals surface area (Å²) >= 11 is -0.831. The topological polar surface area (TPSA) is 18.5 Å². The van der Waals surface area contributed by atoms with Crippen LogP contribution < -0.4 is 4.43 Å². The maximum Gasteiger partial charge on any atom is 0.300 e. The van der Waals surface area contributed by atoms with Gasteiger partial charge in [-0.25, -0.2) is 0 Å². The fourth-order valence-electron chi connectivity index (χ4n) is 1.97. The Bertz CT molecular complexity index is 286. The molecule has 2 nitrogen and oxygen atoms in total. The van der Waals surface area contributed by atoms with Crippen molar-refractivity contribution in [1.29, 1.82) is 0 Å². The Kier molecular flexibility index (Phi) is 5.35. The van der Waals surface area contributed by atoms with Gasteiger partial charge in [0.1, 0.15) is 0 Å². The van der Waals surface area contributed by atoms with Crippen molar-refractivity contribution in [3.05, 3.63) is 29.3 Å². The summed E-state index contributed by atoms with van der Waals surface area (Å²) in [5.41, 5.74) is 2.66. The van der Waals surface area contributed by atoms with Gasteiger partial charge in [-0.3, -0.25) is 0 Å². The van der Waals surface area contributed by atoms with Crippen LogP contribution in [0.1, 0.15) is 11.1 Å². The van der Waals surface area contributed by atoms with E-state index < -0.39 is 14.1 Å². The molecule has 0 N–H and O–H groups in total. The van der Waals surface area contributed by atoms with E-state index in [0.717, 1.165) is 0 Å². The van der Waals surface area contributed by atoms with Crippen molar-refractivity contribution in [3.8, 4) is 0 Å². The van der Waals surface area contributed by atoms with Gasteiger partial charge in [0.2, 0.25) is 0 Å². The highest BCUT2D eigenvalue weighted by Crippen LogP contribution is 2.07. The Morgan fingerprint density at radius 2 is 1.47 bits per heavy atom. The van der Waals surface area contributed by atoms with E-state index in [1.165, 1.54) is 15.6 Å². The van der Waals surface area contributed by atoms with Crippen molar-refractivity contribution >= 4 is 18.6 Å². The zero-order valence-corrected chi connectivity index (χ0v) is 11.2. The van der Waals surface area contributed by atoms with Gasteiger partial charge in [0, 0.05) is 14.2 Å². The van der Waals surface area contributed by atoms with Crippen LogP contribution in [0.15, 0.2) is 18.2 Å². The van der Waals surface area contributed by atoms with Gasteiger partial charge in [0.05, 0.1) is 13.2 Å². The fraction of sp³-hybridized carbons (Fsp3) is 0.500. The quantitative estimate of drug-likeness (QED) is 0.709. The standard InChI is InChI=1S/C10H13O2.2CH3.Al/c1-11-7-9-4-3-5-10(6-9)8-12-2;;;/h3-5H,7-8H2,1-2H3;2*1H3;. The molecule has 0 bridgehead atoms. The molecule has 0 fully saturated rings. The lowest BCUT2D eigenvalue weighted by Gasteiger charge is -2.15. The van der Waals surface area contributed by atoms with E-state index in [2.05, 4.69) is 29.8 Å². The smallest absolute Gasteiger partial charge is 0.300 e. The number of rotatable bonds is 5. The summed E-state index contributed by atoms with van der Waals surface area (Å²) in [5.74, 6) is 4.68. The lowest BCUT2D eigenvalue weighted by atomic mass is 10.1. The number of benzene rings is 1. The van der Waals surface area contributed by atoms with Crippen molar-refractivity contribution in [3.63, 3.8) is 0 Å². The molecule has 0 saturated carbocycles. The van der Waals surface area contributed by atoms with Crippen molar-refractivity contribution in [1.82, 2.24) is 0 Å². The van der Waals surface area contributed by atoms with Crippen LogP contribution >= 0.6 is 0 Å². The Morgan fingerprint density at radius 3 is 1.80 bits per heavy atom. The molecule has 0 aliphatic rings. The molecule has 15 heavy (non-hydrogen) atoms. The minimum absolute atomic E-state index is 0.706. The number of ether oxygens (including phenoxy) is 2. The number of hydrogen-bond acceptors (Lipinski definition) is 2. The molecule has 0 heterocycles. The van der Waals surface area contributed by atoms with E-state index in [1.807, 2.05) is 0 Å². The van der Waals surface area contributed by atoms with Gasteiger partial charge in [0.15, 0.2) is 0 Å². The van der Waals surface area contributed by atoms with Crippen LogP contribution in [0.3, 0.4) is 0 Å². The van der Waals surface area contributed by atoms with E-state index in [9.17, 15) is 0 Å². The van der Waals surface area contributed by atoms with Crippen molar-refractivity contribution in [2.75, 3.05) is 14.2 Å². The highest BCUT2D eigenvalue weighted by molar-refractivity contribution is 6.71. The third-order valence-corrected chi connectivity index (χ3v) is 4.36. The first-order valence-electron chi connectivity index (χ1n) is 5.29. The molecule has 1 aromatic carbocycles. The first kappa shape index (κ1) is 12.7. The minimum atomic E-state index is -0.831. The van der Waals surface area contributed by atoms with Crippen LogP contribution in [-0.2, 0) is 22.7 Å². The summed E-state index contributed by atoms with van der Waals surface area (Å²) in [6.07, 6.45) is 0. The summed E-state index contributed by atoms with van der Waals surface area (Å²) in [6, 6.07) is 6.40. The normalized spacial score (nSPS) is 10.4. The van der Waals surface area contributed by atoms with E-state index in [0.29, 0.717) is 13.2 Å². The molecule has 82 valence electrons. The second-order valence-corrected chi connectivity index (χ2v) is 6.90. The SMILES string of the molecule is COCc1cccc(COC)[c]1[Al]([CH3])[CH3]. The maximum absolute atomic E-state index is 5.23. The molecule has 1 aromatic rings. The van der Waals surface area contributed by atoms with Gasteiger partial charge in [-0.1, -0.05) is 18.2 Å². The maximum atomic E-state index is 5.23. The van der Waals surface area contributed by atoms with Crippen LogP contribution in [0.5, 0.6) is 0 Å². The number of hydrogen-bond donors (Lipinski definition) is 0. The highest BCUT2D eigenvalue weighted by atomic mass is 27.2. The molecule has 1 rings (SSSR count). The Balaban J connectivity index is 3.09. The predicted molar refractivity (Wildman–Crippen MR) is 65.0 cm³/mol. The minimum Gasteiger partial charge on any atom is -0.380 e. The second-order valence-electron chi connectivity index (χ2n) is 4.01. The Morgan fingerprint density at radius 1 is 1.00 bits per heavy atom. The first-order valence-corrected chi connectivity index (χ1v) is 8.18. The van der Waals surface area contributed by atoms with Crippen LogP contribution in [0, 0.1) is 0 Å². The van der Waals surface area contributed by atoms with Crippen LogP contribution in [-0.4, -0.2) is 28.4 Å². The molecule has 0 spiro atoms. The zero-order chi connectivity index (χ0) is 11.3. The van der Waals surface area contributed by atoms with Crippen LogP contribution in [0.2, 0.25) is 11.6 Å². The van der Waals surface area contributed by atoms with Gasteiger partial charge in [0.25, 0.3) is 0 Å². The van der Waals surface area contributed by atoms with Gasteiger partial charge in [-0.2, -0.15) is 0 Å². The molecule has 0 saturated heterocycles. The monoisotopic (exact) mass is 222 g/mol. The lowest BCUT2D eigenvalue weighted by Crippen LogP contribution is -2.31. The zero-order valence-electron chi connectivity index (χ0n) is 10.0. The molecular formula is C12H19AlO2. The molecule has 0 unspecified atom stereocenters. The Labute approximate surface area is 96.6 Å².